The molecule has 3 nitrogen and oxygen atoms in total. The van der Waals surface area contributed by atoms with Gasteiger partial charge in [0.25, 0.3) is 0 Å². The molecule has 25 heavy (non-hydrogen) atoms. The summed E-state index contributed by atoms with van der Waals surface area (Å²) in [5, 5.41) is 3.46. The van der Waals surface area contributed by atoms with E-state index in [2.05, 4.69) is 35.3 Å². The van der Waals surface area contributed by atoms with Crippen LogP contribution in [0.1, 0.15) is 75.5 Å². The number of piperazine rings is 1. The Labute approximate surface area is 154 Å². The maximum absolute atomic E-state index is 6.06. The van der Waals surface area contributed by atoms with Gasteiger partial charge in [0.05, 0.1) is 6.61 Å². The molecule has 0 saturated carbocycles. The van der Waals surface area contributed by atoms with Crippen molar-refractivity contribution in [3.8, 4) is 5.75 Å². The molecule has 1 saturated heterocycles. The Morgan fingerprint density at radius 1 is 1.04 bits per heavy atom. The van der Waals surface area contributed by atoms with E-state index in [4.69, 9.17) is 4.74 Å². The third-order valence-corrected chi connectivity index (χ3v) is 5.77. The number of hydrogen-bond acceptors (Lipinski definition) is 3. The van der Waals surface area contributed by atoms with Crippen LogP contribution in [-0.2, 0) is 6.42 Å². The second-order valence-corrected chi connectivity index (χ2v) is 7.67. The number of fused-ring (bicyclic) bond motifs is 1. The van der Waals surface area contributed by atoms with Gasteiger partial charge >= 0.3 is 0 Å². The molecule has 3 heteroatoms. The summed E-state index contributed by atoms with van der Waals surface area (Å²) in [6, 6.07) is 7.42. The molecular formula is C22H36N2O. The Bertz CT molecular complexity index is 511. The molecule has 0 radical (unpaired) electrons. The lowest BCUT2D eigenvalue weighted by atomic mass is 10.1. The number of rotatable bonds is 10. The highest BCUT2D eigenvalue weighted by Crippen LogP contribution is 2.37. The van der Waals surface area contributed by atoms with E-state index in [-0.39, 0.29) is 0 Å². The van der Waals surface area contributed by atoms with Crippen LogP contribution in [0.4, 0.5) is 0 Å². The van der Waals surface area contributed by atoms with Crippen molar-refractivity contribution in [2.45, 2.75) is 70.8 Å². The van der Waals surface area contributed by atoms with Crippen LogP contribution in [0.25, 0.3) is 0 Å². The summed E-state index contributed by atoms with van der Waals surface area (Å²) in [6.45, 7) is 7.74. The summed E-state index contributed by atoms with van der Waals surface area (Å²) in [5.74, 6) is 1.08. The third-order valence-electron chi connectivity index (χ3n) is 5.77. The fraction of sp³-hybridized carbons (Fsp3) is 0.727. The summed E-state index contributed by atoms with van der Waals surface area (Å²) in [4.78, 5) is 2.66. The van der Waals surface area contributed by atoms with Crippen LogP contribution in [0.3, 0.4) is 0 Å². The van der Waals surface area contributed by atoms with Crippen molar-refractivity contribution in [1.82, 2.24) is 10.2 Å². The first-order chi connectivity index (χ1) is 12.4. The van der Waals surface area contributed by atoms with Crippen molar-refractivity contribution in [3.63, 3.8) is 0 Å². The Balaban J connectivity index is 1.43. The van der Waals surface area contributed by atoms with Crippen LogP contribution in [0.15, 0.2) is 18.2 Å². The monoisotopic (exact) mass is 344 g/mol. The van der Waals surface area contributed by atoms with Crippen molar-refractivity contribution in [3.05, 3.63) is 29.3 Å². The van der Waals surface area contributed by atoms with Gasteiger partial charge in [0.1, 0.15) is 5.75 Å². The second-order valence-electron chi connectivity index (χ2n) is 7.67. The maximum Gasteiger partial charge on any atom is 0.119 e. The molecule has 1 aromatic rings. The highest BCUT2D eigenvalue weighted by Gasteiger charge is 2.28. The minimum atomic E-state index is 0.610. The second kappa shape index (κ2) is 10.2. The number of unbranched alkanes of at least 4 members (excludes halogenated alkanes) is 6. The average molecular weight is 345 g/mol. The van der Waals surface area contributed by atoms with Gasteiger partial charge in [-0.05, 0) is 42.5 Å². The Morgan fingerprint density at radius 3 is 2.60 bits per heavy atom. The molecule has 1 atom stereocenters. The largest absolute Gasteiger partial charge is 0.494 e. The number of aryl methyl sites for hydroxylation is 1. The molecule has 2 aliphatic rings. The van der Waals surface area contributed by atoms with Crippen LogP contribution in [0.5, 0.6) is 5.75 Å². The molecule has 0 bridgehead atoms. The quantitative estimate of drug-likeness (QED) is 0.622. The van der Waals surface area contributed by atoms with E-state index in [1.54, 1.807) is 0 Å². The molecule has 1 aromatic carbocycles. The molecule has 0 aromatic heterocycles. The normalized spacial score (nSPS) is 20.6. The van der Waals surface area contributed by atoms with Gasteiger partial charge in [-0.15, -0.1) is 0 Å². The lowest BCUT2D eigenvalue weighted by molar-refractivity contribution is 0.173. The zero-order valence-corrected chi connectivity index (χ0v) is 16.1. The highest BCUT2D eigenvalue weighted by atomic mass is 16.5. The lowest BCUT2D eigenvalue weighted by Gasteiger charge is -2.33. The summed E-state index contributed by atoms with van der Waals surface area (Å²) in [7, 11) is 0. The topological polar surface area (TPSA) is 24.5 Å². The molecule has 1 N–H and O–H groups in total. The molecule has 3 rings (SSSR count). The zero-order chi connectivity index (χ0) is 17.3. The van der Waals surface area contributed by atoms with Gasteiger partial charge < -0.3 is 10.1 Å². The van der Waals surface area contributed by atoms with E-state index in [9.17, 15) is 0 Å². The molecule has 1 fully saturated rings. The predicted molar refractivity (Wildman–Crippen MR) is 105 cm³/mol. The first-order valence-corrected chi connectivity index (χ1v) is 10.6. The molecule has 1 aliphatic heterocycles. The third kappa shape index (κ3) is 5.46. The van der Waals surface area contributed by atoms with E-state index < -0.39 is 0 Å². The Morgan fingerprint density at radius 2 is 1.80 bits per heavy atom. The SMILES string of the molecule is CCCCCCCCCOc1ccc2c(c1)C(N1CCNCC1)CC2. The van der Waals surface area contributed by atoms with Gasteiger partial charge in [0.15, 0.2) is 0 Å². The molecular weight excluding hydrogens is 308 g/mol. The summed E-state index contributed by atoms with van der Waals surface area (Å²) in [5.41, 5.74) is 3.06. The van der Waals surface area contributed by atoms with Gasteiger partial charge in [-0.25, -0.2) is 0 Å². The highest BCUT2D eigenvalue weighted by molar-refractivity contribution is 5.41. The standard InChI is InChI=1S/C22H36N2O/c1-2-3-4-5-6-7-8-17-25-20-11-9-19-10-12-22(21(19)18-20)24-15-13-23-14-16-24/h9,11,18,22-23H,2-8,10,12-17H2,1H3. The van der Waals surface area contributed by atoms with Crippen LogP contribution in [-0.4, -0.2) is 37.7 Å². The van der Waals surface area contributed by atoms with Gasteiger partial charge in [-0.3, -0.25) is 4.90 Å². The fourth-order valence-electron chi connectivity index (χ4n) is 4.27. The van der Waals surface area contributed by atoms with E-state index in [0.29, 0.717) is 6.04 Å². The number of nitrogens with one attached hydrogen (secondary N) is 1. The van der Waals surface area contributed by atoms with E-state index in [1.807, 2.05) is 0 Å². The molecule has 0 spiro atoms. The summed E-state index contributed by atoms with van der Waals surface area (Å²) in [6.07, 6.45) is 11.9. The maximum atomic E-state index is 6.06. The zero-order valence-electron chi connectivity index (χ0n) is 16.1. The Kier molecular flexibility index (Phi) is 7.62. The number of ether oxygens (including phenoxy) is 1. The smallest absolute Gasteiger partial charge is 0.119 e. The molecule has 1 unspecified atom stereocenters. The van der Waals surface area contributed by atoms with Crippen LogP contribution in [0, 0.1) is 0 Å². The van der Waals surface area contributed by atoms with Gasteiger partial charge in [0.2, 0.25) is 0 Å². The number of nitrogens with zero attached hydrogens (tertiary/aromatic N) is 1. The average Bonchev–Trinajstić information content (AvgIpc) is 3.08. The van der Waals surface area contributed by atoms with Crippen molar-refractivity contribution >= 4 is 0 Å². The lowest BCUT2D eigenvalue weighted by Crippen LogP contribution is -2.44. The van der Waals surface area contributed by atoms with Crippen molar-refractivity contribution in [2.75, 3.05) is 32.8 Å². The first-order valence-electron chi connectivity index (χ1n) is 10.6. The van der Waals surface area contributed by atoms with E-state index in [1.165, 1.54) is 82.0 Å². The fourth-order valence-corrected chi connectivity index (χ4v) is 4.27. The minimum Gasteiger partial charge on any atom is -0.494 e. The predicted octanol–water partition coefficient (Wildman–Crippen LogP) is 4.71. The number of hydrogen-bond donors (Lipinski definition) is 1. The molecule has 1 heterocycles. The van der Waals surface area contributed by atoms with Crippen molar-refractivity contribution in [1.29, 1.82) is 0 Å². The van der Waals surface area contributed by atoms with E-state index in [0.717, 1.165) is 25.4 Å². The number of benzene rings is 1. The minimum absolute atomic E-state index is 0.610. The molecule has 140 valence electrons. The Hall–Kier alpha value is -1.06. The molecule has 0 amide bonds. The van der Waals surface area contributed by atoms with Crippen LogP contribution < -0.4 is 10.1 Å². The summed E-state index contributed by atoms with van der Waals surface area (Å²) < 4.78 is 6.06. The first kappa shape index (κ1) is 18.7. The van der Waals surface area contributed by atoms with Gasteiger partial charge in [-0.2, -0.15) is 0 Å². The molecule has 1 aliphatic carbocycles. The van der Waals surface area contributed by atoms with Gasteiger partial charge in [-0.1, -0.05) is 51.5 Å². The van der Waals surface area contributed by atoms with Crippen molar-refractivity contribution in [2.24, 2.45) is 0 Å². The van der Waals surface area contributed by atoms with Gasteiger partial charge in [0, 0.05) is 32.2 Å². The van der Waals surface area contributed by atoms with Crippen molar-refractivity contribution < 1.29 is 4.74 Å². The van der Waals surface area contributed by atoms with Crippen LogP contribution in [0.2, 0.25) is 0 Å². The summed E-state index contributed by atoms with van der Waals surface area (Å²) >= 11 is 0. The van der Waals surface area contributed by atoms with Crippen LogP contribution >= 0.6 is 0 Å². The van der Waals surface area contributed by atoms with E-state index >= 15 is 0 Å².